The fraction of sp³-hybridized carbons (Fsp3) is 1.00. The second kappa shape index (κ2) is 5.44. The molecule has 0 radical (unpaired) electrons. The number of hydrogen-bond donors (Lipinski definition) is 2. The van der Waals surface area contributed by atoms with Gasteiger partial charge in [0.05, 0.1) is 17.8 Å². The van der Waals surface area contributed by atoms with Crippen molar-refractivity contribution in [3.05, 3.63) is 0 Å². The predicted octanol–water partition coefficient (Wildman–Crippen LogP) is 3.91. The van der Waals surface area contributed by atoms with Gasteiger partial charge in [-0.2, -0.15) is 0 Å². The topological polar surface area (TPSA) is 53.0 Å². The molecule has 3 rings (SSSR count). The summed E-state index contributed by atoms with van der Waals surface area (Å²) in [7, 11) is 0. The van der Waals surface area contributed by atoms with Crippen LogP contribution in [-0.4, -0.2) is 34.1 Å². The molecule has 2 aliphatic carbocycles. The lowest BCUT2D eigenvalue weighted by Gasteiger charge is -2.61. The summed E-state index contributed by atoms with van der Waals surface area (Å²) in [5.41, 5.74) is -0.809. The van der Waals surface area contributed by atoms with Crippen LogP contribution in [0.5, 0.6) is 0 Å². The molecule has 1 saturated heterocycles. The Morgan fingerprint density at radius 2 is 1.78 bits per heavy atom. The molecule has 0 amide bonds. The lowest BCUT2D eigenvalue weighted by molar-refractivity contribution is -0.173. The summed E-state index contributed by atoms with van der Waals surface area (Å²) in [5, 5.41) is 21.8. The zero-order chi connectivity index (χ0) is 17.1. The van der Waals surface area contributed by atoms with Gasteiger partial charge in [-0.1, -0.05) is 27.2 Å². The van der Waals surface area contributed by atoms with Crippen molar-refractivity contribution in [3.63, 3.8) is 0 Å². The van der Waals surface area contributed by atoms with Crippen molar-refractivity contribution >= 4 is 0 Å². The van der Waals surface area contributed by atoms with Gasteiger partial charge < -0.3 is 14.9 Å². The minimum atomic E-state index is -0.746. The predicted molar refractivity (Wildman–Crippen MR) is 92.2 cm³/mol. The number of rotatable bonds is 4. The van der Waals surface area contributed by atoms with Gasteiger partial charge in [0, 0.05) is 0 Å². The maximum absolute atomic E-state index is 11.1. The normalized spacial score (nSPS) is 48.4. The third-order valence-electron chi connectivity index (χ3n) is 7.73. The van der Waals surface area contributed by atoms with E-state index in [9.17, 15) is 10.2 Å². The number of epoxide rings is 1. The summed E-state index contributed by atoms with van der Waals surface area (Å²) < 4.78 is 5.32. The van der Waals surface area contributed by atoms with Crippen molar-refractivity contribution in [2.45, 2.75) is 96.9 Å². The van der Waals surface area contributed by atoms with Crippen LogP contribution >= 0.6 is 0 Å². The Morgan fingerprint density at radius 3 is 2.39 bits per heavy atom. The van der Waals surface area contributed by atoms with E-state index in [1.165, 1.54) is 19.3 Å². The Balaban J connectivity index is 1.81. The first-order valence-corrected chi connectivity index (χ1v) is 9.55. The Kier molecular flexibility index (Phi) is 4.18. The standard InChI is InChI=1S/C20H36O3/c1-17(2)9-6-10-18(3)14(17)7-11-19(4,21)15(18)8-12-20(5,22)16-13-23-16/h14-16,21-22H,6-13H2,1-5H3/t14-,15+,16?,18-,19+,20-/m0/s1. The maximum atomic E-state index is 11.1. The van der Waals surface area contributed by atoms with Gasteiger partial charge in [0.25, 0.3) is 0 Å². The molecule has 3 heteroatoms. The smallest absolute Gasteiger partial charge is 0.109 e. The van der Waals surface area contributed by atoms with Gasteiger partial charge in [-0.25, -0.2) is 0 Å². The Labute approximate surface area is 141 Å². The molecule has 0 aromatic heterocycles. The third kappa shape index (κ3) is 3.09. The van der Waals surface area contributed by atoms with Crippen molar-refractivity contribution in [2.24, 2.45) is 22.7 Å². The van der Waals surface area contributed by atoms with E-state index >= 15 is 0 Å². The molecule has 2 saturated carbocycles. The monoisotopic (exact) mass is 324 g/mol. The highest BCUT2D eigenvalue weighted by Crippen LogP contribution is 2.63. The van der Waals surface area contributed by atoms with Gasteiger partial charge in [0.2, 0.25) is 0 Å². The molecule has 134 valence electrons. The Bertz CT molecular complexity index is 450. The quantitative estimate of drug-likeness (QED) is 0.771. The van der Waals surface area contributed by atoms with Gasteiger partial charge in [-0.15, -0.1) is 0 Å². The van der Waals surface area contributed by atoms with Gasteiger partial charge in [0.15, 0.2) is 0 Å². The summed E-state index contributed by atoms with van der Waals surface area (Å²) in [6, 6.07) is 0. The molecule has 0 aromatic carbocycles. The van der Waals surface area contributed by atoms with Gasteiger partial charge >= 0.3 is 0 Å². The summed E-state index contributed by atoms with van der Waals surface area (Å²) >= 11 is 0. The summed E-state index contributed by atoms with van der Waals surface area (Å²) in [5.74, 6) is 0.939. The van der Waals surface area contributed by atoms with Crippen LogP contribution in [0.3, 0.4) is 0 Å². The highest BCUT2D eigenvalue weighted by Gasteiger charge is 2.58. The van der Waals surface area contributed by atoms with Crippen LogP contribution in [0.25, 0.3) is 0 Å². The minimum Gasteiger partial charge on any atom is -0.390 e. The van der Waals surface area contributed by atoms with Crippen LogP contribution < -0.4 is 0 Å². The number of aliphatic hydroxyl groups is 2. The number of hydrogen-bond acceptors (Lipinski definition) is 3. The Morgan fingerprint density at radius 1 is 1.13 bits per heavy atom. The number of fused-ring (bicyclic) bond motifs is 1. The van der Waals surface area contributed by atoms with E-state index in [0.29, 0.717) is 17.9 Å². The molecular formula is C20H36O3. The molecule has 0 bridgehead atoms. The van der Waals surface area contributed by atoms with Crippen LogP contribution in [0.2, 0.25) is 0 Å². The van der Waals surface area contributed by atoms with Crippen molar-refractivity contribution in [2.75, 3.05) is 6.61 Å². The molecule has 6 atom stereocenters. The summed E-state index contributed by atoms with van der Waals surface area (Å²) in [4.78, 5) is 0. The largest absolute Gasteiger partial charge is 0.390 e. The molecule has 0 aromatic rings. The first-order valence-electron chi connectivity index (χ1n) is 9.55. The minimum absolute atomic E-state index is 0.00226. The SMILES string of the molecule is CC1(C)CCC[C@]2(C)[C@@H](CC[C@](C)(O)C3CO3)[C@](C)(O)CC[C@@H]12. The molecule has 23 heavy (non-hydrogen) atoms. The lowest BCUT2D eigenvalue weighted by Crippen LogP contribution is -2.57. The lowest BCUT2D eigenvalue weighted by atomic mass is 9.45. The van der Waals surface area contributed by atoms with Gasteiger partial charge in [0.1, 0.15) is 6.10 Å². The Hall–Kier alpha value is -0.120. The number of ether oxygens (including phenoxy) is 1. The molecule has 1 unspecified atom stereocenters. The van der Waals surface area contributed by atoms with Crippen LogP contribution in [0.1, 0.15) is 79.6 Å². The van der Waals surface area contributed by atoms with E-state index in [2.05, 4.69) is 20.8 Å². The molecule has 1 aliphatic heterocycles. The van der Waals surface area contributed by atoms with Crippen LogP contribution in [0, 0.1) is 22.7 Å². The van der Waals surface area contributed by atoms with Crippen molar-refractivity contribution in [1.82, 2.24) is 0 Å². The van der Waals surface area contributed by atoms with Crippen molar-refractivity contribution in [1.29, 1.82) is 0 Å². The molecule has 3 aliphatic rings. The third-order valence-corrected chi connectivity index (χ3v) is 7.73. The summed E-state index contributed by atoms with van der Waals surface area (Å²) in [6.07, 6.45) is 7.42. The van der Waals surface area contributed by atoms with Crippen molar-refractivity contribution < 1.29 is 14.9 Å². The van der Waals surface area contributed by atoms with E-state index in [1.54, 1.807) is 0 Å². The first kappa shape index (κ1) is 17.7. The molecule has 3 nitrogen and oxygen atoms in total. The first-order chi connectivity index (χ1) is 10.5. The molecular weight excluding hydrogens is 288 g/mol. The average Bonchev–Trinajstić information content (AvgIpc) is 3.20. The average molecular weight is 325 g/mol. The second-order valence-electron chi connectivity index (χ2n) is 10.1. The maximum Gasteiger partial charge on any atom is 0.109 e. The van der Waals surface area contributed by atoms with Gasteiger partial charge in [-0.3, -0.25) is 0 Å². The highest BCUT2D eigenvalue weighted by molar-refractivity contribution is 5.08. The highest BCUT2D eigenvalue weighted by atomic mass is 16.6. The van der Waals surface area contributed by atoms with Gasteiger partial charge in [-0.05, 0) is 75.0 Å². The molecule has 2 N–H and O–H groups in total. The van der Waals surface area contributed by atoms with Crippen LogP contribution in [-0.2, 0) is 4.74 Å². The molecule has 3 fully saturated rings. The zero-order valence-corrected chi connectivity index (χ0v) is 15.7. The van der Waals surface area contributed by atoms with E-state index in [1.807, 2.05) is 13.8 Å². The van der Waals surface area contributed by atoms with Crippen molar-refractivity contribution in [3.8, 4) is 0 Å². The summed E-state index contributed by atoms with van der Waals surface area (Å²) in [6.45, 7) is 11.9. The fourth-order valence-electron chi connectivity index (χ4n) is 6.27. The van der Waals surface area contributed by atoms with E-state index < -0.39 is 11.2 Å². The molecule has 0 spiro atoms. The van der Waals surface area contributed by atoms with Crippen LogP contribution in [0.15, 0.2) is 0 Å². The fourth-order valence-corrected chi connectivity index (χ4v) is 6.27. The molecule has 1 heterocycles. The van der Waals surface area contributed by atoms with Crippen LogP contribution in [0.4, 0.5) is 0 Å². The second-order valence-corrected chi connectivity index (χ2v) is 10.1. The van der Waals surface area contributed by atoms with E-state index in [-0.39, 0.29) is 17.4 Å². The van der Waals surface area contributed by atoms with E-state index in [0.717, 1.165) is 25.7 Å². The van der Waals surface area contributed by atoms with E-state index in [4.69, 9.17) is 4.74 Å². The zero-order valence-electron chi connectivity index (χ0n) is 15.7.